The summed E-state index contributed by atoms with van der Waals surface area (Å²) in [7, 11) is 0. The van der Waals surface area contributed by atoms with Crippen molar-refractivity contribution in [3.8, 4) is 11.7 Å². The Morgan fingerprint density at radius 2 is 2.21 bits per heavy atom. The minimum Gasteiger partial charge on any atom is -0.475 e. The molecule has 100 valence electrons. The Labute approximate surface area is 106 Å². The summed E-state index contributed by atoms with van der Waals surface area (Å²) in [5.41, 5.74) is 0.295. The van der Waals surface area contributed by atoms with Crippen molar-refractivity contribution in [1.29, 1.82) is 0 Å². The van der Waals surface area contributed by atoms with Crippen LogP contribution in [0.5, 0.6) is 0 Å². The Morgan fingerprint density at radius 1 is 1.47 bits per heavy atom. The summed E-state index contributed by atoms with van der Waals surface area (Å²) in [6.07, 6.45) is 1.14. The molecule has 2 aromatic heterocycles. The molecular weight excluding hydrogens is 256 g/mol. The molecule has 0 aliphatic carbocycles. The zero-order valence-electron chi connectivity index (χ0n) is 9.95. The van der Waals surface area contributed by atoms with Crippen LogP contribution in [0.15, 0.2) is 21.0 Å². The number of nitro groups is 1. The van der Waals surface area contributed by atoms with Gasteiger partial charge in [-0.1, -0.05) is 13.3 Å². The fraction of sp³-hybridized carbons (Fsp3) is 0.273. The lowest BCUT2D eigenvalue weighted by atomic mass is 10.2. The number of rotatable bonds is 5. The van der Waals surface area contributed by atoms with Crippen molar-refractivity contribution in [1.82, 2.24) is 4.98 Å². The van der Waals surface area contributed by atoms with E-state index < -0.39 is 16.8 Å². The first-order valence-electron chi connectivity index (χ1n) is 5.50. The number of nitrogens with zero attached hydrogens (tertiary/aromatic N) is 2. The first-order chi connectivity index (χ1) is 9.02. The third-order valence-corrected chi connectivity index (χ3v) is 2.36. The molecule has 2 heterocycles. The molecule has 0 aromatic carbocycles. The summed E-state index contributed by atoms with van der Waals surface area (Å²) >= 11 is 0. The highest BCUT2D eigenvalue weighted by atomic mass is 16.6. The summed E-state index contributed by atoms with van der Waals surface area (Å²) in [6, 6.07) is 2.46. The maximum atomic E-state index is 11.0. The molecule has 0 saturated heterocycles. The first-order valence-corrected chi connectivity index (χ1v) is 5.50. The Hall–Kier alpha value is -2.64. The van der Waals surface area contributed by atoms with E-state index in [0.29, 0.717) is 18.5 Å². The van der Waals surface area contributed by atoms with Crippen LogP contribution in [-0.4, -0.2) is 21.0 Å². The van der Waals surface area contributed by atoms with Gasteiger partial charge in [-0.3, -0.25) is 10.1 Å². The third kappa shape index (κ3) is 2.46. The van der Waals surface area contributed by atoms with Crippen LogP contribution >= 0.6 is 0 Å². The normalized spacial score (nSPS) is 10.6. The average molecular weight is 266 g/mol. The number of hydrogen-bond donors (Lipinski definition) is 1. The third-order valence-electron chi connectivity index (χ3n) is 2.36. The lowest BCUT2D eigenvalue weighted by molar-refractivity contribution is -0.401. The molecule has 0 amide bonds. The second-order valence-corrected chi connectivity index (χ2v) is 3.74. The van der Waals surface area contributed by atoms with Gasteiger partial charge in [0.05, 0.1) is 11.8 Å². The van der Waals surface area contributed by atoms with Crippen LogP contribution < -0.4 is 0 Å². The number of furan rings is 1. The maximum Gasteiger partial charge on any atom is 0.433 e. The van der Waals surface area contributed by atoms with Crippen LogP contribution in [0.25, 0.3) is 11.7 Å². The quantitative estimate of drug-likeness (QED) is 0.651. The molecule has 0 atom stereocenters. The van der Waals surface area contributed by atoms with Gasteiger partial charge in [0.25, 0.3) is 5.89 Å². The van der Waals surface area contributed by atoms with Gasteiger partial charge in [0, 0.05) is 0 Å². The number of carboxylic acids is 1. The molecule has 0 fully saturated rings. The molecule has 1 N–H and O–H groups in total. The van der Waals surface area contributed by atoms with E-state index in [4.69, 9.17) is 13.9 Å². The SMILES string of the molecule is CCCc1nc(-c2ccc([N+](=O)[O-])o2)oc1C(=O)O. The first kappa shape index (κ1) is 12.8. The van der Waals surface area contributed by atoms with Crippen LogP contribution in [0.2, 0.25) is 0 Å². The molecule has 8 heteroatoms. The zero-order chi connectivity index (χ0) is 14.0. The van der Waals surface area contributed by atoms with Crippen molar-refractivity contribution >= 4 is 11.9 Å². The van der Waals surface area contributed by atoms with E-state index in [1.165, 1.54) is 6.07 Å². The number of aromatic nitrogens is 1. The fourth-order valence-electron chi connectivity index (χ4n) is 1.57. The largest absolute Gasteiger partial charge is 0.475 e. The maximum absolute atomic E-state index is 11.0. The summed E-state index contributed by atoms with van der Waals surface area (Å²) in [6.45, 7) is 1.87. The van der Waals surface area contributed by atoms with Gasteiger partial charge in [0.2, 0.25) is 5.76 Å². The molecule has 0 radical (unpaired) electrons. The Bertz CT molecular complexity index is 627. The van der Waals surface area contributed by atoms with Gasteiger partial charge in [-0.15, -0.1) is 0 Å². The summed E-state index contributed by atoms with van der Waals surface area (Å²) in [5.74, 6) is -2.01. The summed E-state index contributed by atoms with van der Waals surface area (Å²) < 4.78 is 9.99. The van der Waals surface area contributed by atoms with E-state index in [1.54, 1.807) is 0 Å². The van der Waals surface area contributed by atoms with Crippen LogP contribution in [0.3, 0.4) is 0 Å². The van der Waals surface area contributed by atoms with Crippen molar-refractivity contribution in [3.05, 3.63) is 33.7 Å². The lowest BCUT2D eigenvalue weighted by Gasteiger charge is -1.91. The van der Waals surface area contributed by atoms with Gasteiger partial charge in [0.1, 0.15) is 4.92 Å². The Balaban J connectivity index is 2.41. The van der Waals surface area contributed by atoms with Crippen molar-refractivity contribution in [3.63, 3.8) is 0 Å². The highest BCUT2D eigenvalue weighted by molar-refractivity contribution is 5.86. The van der Waals surface area contributed by atoms with E-state index >= 15 is 0 Å². The zero-order valence-corrected chi connectivity index (χ0v) is 9.95. The monoisotopic (exact) mass is 266 g/mol. The minimum absolute atomic E-state index is 0.0246. The fourth-order valence-corrected chi connectivity index (χ4v) is 1.57. The molecule has 0 unspecified atom stereocenters. The number of hydrogen-bond acceptors (Lipinski definition) is 6. The number of carboxylic acid groups (broad SMARTS) is 1. The Kier molecular flexibility index (Phi) is 3.32. The second kappa shape index (κ2) is 4.92. The number of aromatic carboxylic acids is 1. The van der Waals surface area contributed by atoms with Crippen LogP contribution in [-0.2, 0) is 6.42 Å². The average Bonchev–Trinajstić information content (AvgIpc) is 2.94. The van der Waals surface area contributed by atoms with E-state index in [0.717, 1.165) is 6.07 Å². The topological polar surface area (TPSA) is 120 Å². The number of carbonyl (C=O) groups is 1. The summed E-state index contributed by atoms with van der Waals surface area (Å²) in [4.78, 5) is 24.8. The van der Waals surface area contributed by atoms with Crippen molar-refractivity contribution in [2.45, 2.75) is 19.8 Å². The summed E-state index contributed by atoms with van der Waals surface area (Å²) in [5, 5.41) is 19.5. The van der Waals surface area contributed by atoms with E-state index in [1.807, 2.05) is 6.92 Å². The van der Waals surface area contributed by atoms with Crippen LogP contribution in [0, 0.1) is 10.1 Å². The van der Waals surface area contributed by atoms with E-state index in [2.05, 4.69) is 4.98 Å². The standard InChI is InChI=1S/C11H10N2O6/c1-2-3-6-9(11(14)15)19-10(12-6)7-4-5-8(18-7)13(16)17/h4-5H,2-3H2,1H3,(H,14,15). The Morgan fingerprint density at radius 3 is 2.74 bits per heavy atom. The van der Waals surface area contributed by atoms with Gasteiger partial charge < -0.3 is 13.9 Å². The van der Waals surface area contributed by atoms with E-state index in [9.17, 15) is 14.9 Å². The molecule has 0 bridgehead atoms. The van der Waals surface area contributed by atoms with Crippen LogP contribution in [0.4, 0.5) is 5.88 Å². The molecule has 8 nitrogen and oxygen atoms in total. The number of aryl methyl sites for hydroxylation is 1. The minimum atomic E-state index is -1.23. The van der Waals surface area contributed by atoms with Gasteiger partial charge >= 0.3 is 11.9 Å². The molecule has 0 spiro atoms. The number of oxazole rings is 1. The predicted octanol–water partition coefficient (Wildman–Crippen LogP) is 2.49. The molecule has 2 rings (SSSR count). The molecule has 0 aliphatic heterocycles. The highest BCUT2D eigenvalue weighted by Crippen LogP contribution is 2.27. The van der Waals surface area contributed by atoms with Crippen molar-refractivity contribution in [2.24, 2.45) is 0 Å². The van der Waals surface area contributed by atoms with Crippen molar-refractivity contribution < 1.29 is 23.7 Å². The van der Waals surface area contributed by atoms with Gasteiger partial charge in [0.15, 0.2) is 5.76 Å². The predicted molar refractivity (Wildman–Crippen MR) is 61.8 cm³/mol. The van der Waals surface area contributed by atoms with Crippen molar-refractivity contribution in [2.75, 3.05) is 0 Å². The smallest absolute Gasteiger partial charge is 0.433 e. The molecule has 19 heavy (non-hydrogen) atoms. The van der Waals surface area contributed by atoms with E-state index in [-0.39, 0.29) is 17.4 Å². The molecular formula is C11H10N2O6. The lowest BCUT2D eigenvalue weighted by Crippen LogP contribution is -1.99. The van der Waals surface area contributed by atoms with Crippen LogP contribution in [0.1, 0.15) is 29.6 Å². The highest BCUT2D eigenvalue weighted by Gasteiger charge is 2.23. The molecule has 2 aromatic rings. The van der Waals surface area contributed by atoms with Gasteiger partial charge in [-0.2, -0.15) is 0 Å². The molecule has 0 aliphatic rings. The van der Waals surface area contributed by atoms with Gasteiger partial charge in [-0.05, 0) is 12.5 Å². The molecule has 0 saturated carbocycles. The van der Waals surface area contributed by atoms with Gasteiger partial charge in [-0.25, -0.2) is 9.78 Å². The second-order valence-electron chi connectivity index (χ2n) is 3.74.